The highest BCUT2D eigenvalue weighted by Gasteiger charge is 2.43. The third-order valence-electron chi connectivity index (χ3n) is 4.65. The van der Waals surface area contributed by atoms with Crippen LogP contribution in [0.15, 0.2) is 31.0 Å². The van der Waals surface area contributed by atoms with Crippen molar-refractivity contribution in [2.45, 2.75) is 25.0 Å². The second-order valence-corrected chi connectivity index (χ2v) is 6.14. The van der Waals surface area contributed by atoms with Crippen molar-refractivity contribution < 1.29 is 14.3 Å². The van der Waals surface area contributed by atoms with Crippen molar-refractivity contribution in [3.63, 3.8) is 0 Å². The molecule has 0 bridgehead atoms. The Morgan fingerprint density at radius 3 is 3.14 bits per heavy atom. The van der Waals surface area contributed by atoms with Gasteiger partial charge < -0.3 is 18.9 Å². The van der Waals surface area contributed by atoms with Gasteiger partial charge in [0.15, 0.2) is 0 Å². The van der Waals surface area contributed by atoms with Gasteiger partial charge in [-0.1, -0.05) is 6.08 Å². The predicted octanol–water partition coefficient (Wildman–Crippen LogP) is 1.85. The molecule has 3 rings (SSSR count). The van der Waals surface area contributed by atoms with E-state index in [2.05, 4.69) is 6.58 Å². The Balaban J connectivity index is 1.67. The Labute approximate surface area is 131 Å². The van der Waals surface area contributed by atoms with Crippen LogP contribution in [0.5, 0.6) is 0 Å². The molecule has 0 radical (unpaired) electrons. The number of hydrogen-bond acceptors (Lipinski definition) is 3. The number of amides is 1. The van der Waals surface area contributed by atoms with Crippen LogP contribution in [0.1, 0.15) is 23.3 Å². The quantitative estimate of drug-likeness (QED) is 0.616. The van der Waals surface area contributed by atoms with E-state index in [1.165, 1.54) is 0 Å². The molecule has 2 fully saturated rings. The molecular formula is C17H24N2O3. The molecule has 2 heterocycles. The first-order valence-electron chi connectivity index (χ1n) is 7.93. The number of aryl methyl sites for hydroxylation is 1. The lowest BCUT2D eigenvalue weighted by Gasteiger charge is -2.37. The largest absolute Gasteiger partial charge is 0.377 e. The summed E-state index contributed by atoms with van der Waals surface area (Å²) < 4.78 is 13.4. The monoisotopic (exact) mass is 304 g/mol. The minimum atomic E-state index is 0.110. The molecule has 1 saturated heterocycles. The first kappa shape index (κ1) is 15.3. The number of nitrogens with zero attached hydrogens (tertiary/aromatic N) is 2. The number of aromatic nitrogens is 1. The summed E-state index contributed by atoms with van der Waals surface area (Å²) in [5.41, 5.74) is 0.743. The average Bonchev–Trinajstić information content (AvgIpc) is 3.12. The van der Waals surface area contributed by atoms with E-state index in [0.717, 1.165) is 18.5 Å². The fourth-order valence-electron chi connectivity index (χ4n) is 3.59. The summed E-state index contributed by atoms with van der Waals surface area (Å²) in [6.07, 6.45) is 5.75. The van der Waals surface area contributed by atoms with Crippen LogP contribution in [-0.4, -0.2) is 53.9 Å². The lowest BCUT2D eigenvalue weighted by Crippen LogP contribution is -2.51. The summed E-state index contributed by atoms with van der Waals surface area (Å²) in [4.78, 5) is 14.8. The standard InChI is InChI=1S/C17H24N2O3/c1-3-8-21-12-13-10-15-16(11-13)22-9-7-19(15)17(20)14-5-4-6-18(14)2/h3-6,13,15-16H,1,7-12H2,2H3/t13-,15-,16-/m0/s1. The molecule has 0 aromatic carbocycles. The lowest BCUT2D eigenvalue weighted by atomic mass is 10.1. The zero-order chi connectivity index (χ0) is 15.5. The van der Waals surface area contributed by atoms with E-state index in [9.17, 15) is 4.79 Å². The highest BCUT2D eigenvalue weighted by molar-refractivity contribution is 5.93. The molecule has 5 heteroatoms. The summed E-state index contributed by atoms with van der Waals surface area (Å²) >= 11 is 0. The van der Waals surface area contributed by atoms with E-state index >= 15 is 0 Å². The van der Waals surface area contributed by atoms with Gasteiger partial charge in [-0.15, -0.1) is 6.58 Å². The maximum absolute atomic E-state index is 12.8. The fourth-order valence-corrected chi connectivity index (χ4v) is 3.59. The molecule has 1 aliphatic heterocycles. The number of hydrogen-bond donors (Lipinski definition) is 0. The number of rotatable bonds is 5. The molecule has 120 valence electrons. The van der Waals surface area contributed by atoms with Gasteiger partial charge in [0.1, 0.15) is 5.69 Å². The Kier molecular flexibility index (Phi) is 4.64. The molecule has 0 spiro atoms. The van der Waals surface area contributed by atoms with Crippen LogP contribution in [-0.2, 0) is 16.5 Å². The summed E-state index contributed by atoms with van der Waals surface area (Å²) in [7, 11) is 1.91. The number of carbonyl (C=O) groups is 1. The molecule has 0 unspecified atom stereocenters. The second-order valence-electron chi connectivity index (χ2n) is 6.14. The molecule has 1 amide bonds. The van der Waals surface area contributed by atoms with E-state index in [0.29, 0.717) is 32.3 Å². The third-order valence-corrected chi connectivity index (χ3v) is 4.65. The van der Waals surface area contributed by atoms with Crippen LogP contribution in [0, 0.1) is 5.92 Å². The lowest BCUT2D eigenvalue weighted by molar-refractivity contribution is -0.0452. The van der Waals surface area contributed by atoms with Crippen molar-refractivity contribution >= 4 is 5.91 Å². The number of ether oxygens (including phenoxy) is 2. The summed E-state index contributed by atoms with van der Waals surface area (Å²) in [6, 6.07) is 3.96. The number of morpholine rings is 1. The van der Waals surface area contributed by atoms with Crippen LogP contribution < -0.4 is 0 Å². The Hall–Kier alpha value is -1.59. The van der Waals surface area contributed by atoms with Crippen LogP contribution in [0.3, 0.4) is 0 Å². The number of carbonyl (C=O) groups excluding carboxylic acids is 1. The summed E-state index contributed by atoms with van der Waals surface area (Å²) in [5.74, 6) is 0.565. The molecule has 1 aliphatic carbocycles. The molecular weight excluding hydrogens is 280 g/mol. The minimum absolute atomic E-state index is 0.110. The van der Waals surface area contributed by atoms with E-state index in [-0.39, 0.29) is 18.1 Å². The molecule has 1 saturated carbocycles. The molecule has 1 aromatic rings. The number of fused-ring (bicyclic) bond motifs is 1. The van der Waals surface area contributed by atoms with Crippen molar-refractivity contribution in [3.8, 4) is 0 Å². The van der Waals surface area contributed by atoms with Gasteiger partial charge in [0.05, 0.1) is 25.4 Å². The zero-order valence-electron chi connectivity index (χ0n) is 13.1. The highest BCUT2D eigenvalue weighted by atomic mass is 16.5. The van der Waals surface area contributed by atoms with Gasteiger partial charge in [0, 0.05) is 26.4 Å². The van der Waals surface area contributed by atoms with E-state index in [1.807, 2.05) is 34.8 Å². The molecule has 3 atom stereocenters. The Bertz CT molecular complexity index is 540. The van der Waals surface area contributed by atoms with E-state index < -0.39 is 0 Å². The smallest absolute Gasteiger partial charge is 0.270 e. The summed E-state index contributed by atoms with van der Waals surface area (Å²) in [5, 5.41) is 0. The maximum atomic E-state index is 12.8. The third kappa shape index (κ3) is 2.96. The molecule has 0 N–H and O–H groups in total. The second kappa shape index (κ2) is 6.67. The Morgan fingerprint density at radius 1 is 1.55 bits per heavy atom. The van der Waals surface area contributed by atoms with Crippen molar-refractivity contribution in [2.75, 3.05) is 26.4 Å². The van der Waals surface area contributed by atoms with Gasteiger partial charge in [0.25, 0.3) is 5.91 Å². The van der Waals surface area contributed by atoms with E-state index in [4.69, 9.17) is 9.47 Å². The first-order valence-corrected chi connectivity index (χ1v) is 7.93. The first-order chi connectivity index (χ1) is 10.7. The topological polar surface area (TPSA) is 43.7 Å². The van der Waals surface area contributed by atoms with Crippen molar-refractivity contribution in [1.82, 2.24) is 9.47 Å². The molecule has 1 aromatic heterocycles. The summed E-state index contributed by atoms with van der Waals surface area (Å²) in [6.45, 7) is 6.26. The van der Waals surface area contributed by atoms with Crippen LogP contribution in [0.2, 0.25) is 0 Å². The van der Waals surface area contributed by atoms with Crippen molar-refractivity contribution in [1.29, 1.82) is 0 Å². The molecule has 2 aliphatic rings. The van der Waals surface area contributed by atoms with Crippen LogP contribution in [0.4, 0.5) is 0 Å². The fraction of sp³-hybridized carbons (Fsp3) is 0.588. The van der Waals surface area contributed by atoms with Gasteiger partial charge in [-0.25, -0.2) is 0 Å². The molecule has 5 nitrogen and oxygen atoms in total. The normalized spacial score (nSPS) is 27.7. The average molecular weight is 304 g/mol. The van der Waals surface area contributed by atoms with E-state index in [1.54, 1.807) is 6.08 Å². The van der Waals surface area contributed by atoms with Crippen molar-refractivity contribution in [3.05, 3.63) is 36.7 Å². The van der Waals surface area contributed by atoms with Gasteiger partial charge >= 0.3 is 0 Å². The van der Waals surface area contributed by atoms with Crippen LogP contribution >= 0.6 is 0 Å². The maximum Gasteiger partial charge on any atom is 0.270 e. The zero-order valence-corrected chi connectivity index (χ0v) is 13.1. The van der Waals surface area contributed by atoms with Gasteiger partial charge in [-0.3, -0.25) is 4.79 Å². The van der Waals surface area contributed by atoms with Gasteiger partial charge in [0.2, 0.25) is 0 Å². The Morgan fingerprint density at radius 2 is 2.41 bits per heavy atom. The molecule has 22 heavy (non-hydrogen) atoms. The van der Waals surface area contributed by atoms with Gasteiger partial charge in [-0.05, 0) is 30.9 Å². The minimum Gasteiger partial charge on any atom is -0.377 e. The van der Waals surface area contributed by atoms with Crippen LogP contribution in [0.25, 0.3) is 0 Å². The van der Waals surface area contributed by atoms with Crippen molar-refractivity contribution in [2.24, 2.45) is 13.0 Å². The van der Waals surface area contributed by atoms with Gasteiger partial charge in [-0.2, -0.15) is 0 Å². The highest BCUT2D eigenvalue weighted by Crippen LogP contribution is 2.35. The SMILES string of the molecule is C=CCOC[C@@H]1C[C@@H]2OCCN(C(=O)c3cccn3C)[C@H]2C1. The predicted molar refractivity (Wildman–Crippen MR) is 83.7 cm³/mol.